The maximum absolute atomic E-state index is 10.8. The molecule has 0 unspecified atom stereocenters. The molecule has 0 saturated heterocycles. The first kappa shape index (κ1) is 12.7. The fourth-order valence-electron chi connectivity index (χ4n) is 1.37. The van der Waals surface area contributed by atoms with Gasteiger partial charge in [0, 0.05) is 6.07 Å². The van der Waals surface area contributed by atoms with Gasteiger partial charge in [0.2, 0.25) is 0 Å². The molecule has 1 N–H and O–H groups in total. The van der Waals surface area contributed by atoms with E-state index in [4.69, 9.17) is 33.0 Å². The highest BCUT2D eigenvalue weighted by molar-refractivity contribution is 6.42. The van der Waals surface area contributed by atoms with Gasteiger partial charge >= 0.3 is 5.97 Å². The van der Waals surface area contributed by atoms with Crippen LogP contribution in [-0.4, -0.2) is 11.1 Å². The lowest BCUT2D eigenvalue weighted by atomic mass is 10.2. The Kier molecular flexibility index (Phi) is 3.75. The van der Waals surface area contributed by atoms with E-state index < -0.39 is 5.97 Å². The average molecular weight is 283 g/mol. The third-order valence-corrected chi connectivity index (χ3v) is 2.95. The zero-order valence-corrected chi connectivity index (χ0v) is 10.6. The van der Waals surface area contributed by atoms with Crippen molar-refractivity contribution in [2.24, 2.45) is 0 Å². The van der Waals surface area contributed by atoms with Crippen molar-refractivity contribution < 1.29 is 14.6 Å². The smallest absolute Gasteiger partial charge is 0.335 e. The minimum Gasteiger partial charge on any atom is -0.478 e. The van der Waals surface area contributed by atoms with Crippen LogP contribution in [0.15, 0.2) is 42.5 Å². The van der Waals surface area contributed by atoms with Crippen molar-refractivity contribution in [1.29, 1.82) is 0 Å². The van der Waals surface area contributed by atoms with Gasteiger partial charge in [-0.25, -0.2) is 4.79 Å². The Morgan fingerprint density at radius 3 is 2.39 bits per heavy atom. The number of carboxylic acids is 1. The third-order valence-electron chi connectivity index (χ3n) is 2.21. The van der Waals surface area contributed by atoms with Crippen LogP contribution < -0.4 is 4.74 Å². The lowest BCUT2D eigenvalue weighted by molar-refractivity contribution is 0.0696. The number of hydrogen-bond donors (Lipinski definition) is 1. The molecular formula is C13H8Cl2O3. The summed E-state index contributed by atoms with van der Waals surface area (Å²) in [4.78, 5) is 10.8. The monoisotopic (exact) mass is 282 g/mol. The molecule has 0 aliphatic heterocycles. The average Bonchev–Trinajstić information content (AvgIpc) is 2.34. The Morgan fingerprint density at radius 1 is 1.00 bits per heavy atom. The Hall–Kier alpha value is -1.71. The Morgan fingerprint density at radius 2 is 1.72 bits per heavy atom. The van der Waals surface area contributed by atoms with Crippen LogP contribution in [0.5, 0.6) is 11.5 Å². The van der Waals surface area contributed by atoms with Crippen molar-refractivity contribution in [3.05, 3.63) is 58.1 Å². The maximum Gasteiger partial charge on any atom is 0.335 e. The molecule has 18 heavy (non-hydrogen) atoms. The maximum atomic E-state index is 10.8. The summed E-state index contributed by atoms with van der Waals surface area (Å²) < 4.78 is 5.50. The molecule has 0 spiro atoms. The van der Waals surface area contributed by atoms with Crippen molar-refractivity contribution >= 4 is 29.2 Å². The molecule has 0 bridgehead atoms. The molecule has 2 rings (SSSR count). The lowest BCUT2D eigenvalue weighted by Crippen LogP contribution is -1.96. The molecule has 3 nitrogen and oxygen atoms in total. The van der Waals surface area contributed by atoms with Crippen molar-refractivity contribution in [3.63, 3.8) is 0 Å². The van der Waals surface area contributed by atoms with Gasteiger partial charge in [-0.1, -0.05) is 29.3 Å². The summed E-state index contributed by atoms with van der Waals surface area (Å²) in [6.07, 6.45) is 0. The summed E-state index contributed by atoms with van der Waals surface area (Å²) in [5, 5.41) is 9.67. The topological polar surface area (TPSA) is 46.5 Å². The largest absolute Gasteiger partial charge is 0.478 e. The van der Waals surface area contributed by atoms with Gasteiger partial charge in [0.1, 0.15) is 11.5 Å². The first-order valence-electron chi connectivity index (χ1n) is 5.02. The van der Waals surface area contributed by atoms with E-state index >= 15 is 0 Å². The molecule has 0 saturated carbocycles. The van der Waals surface area contributed by atoms with Crippen LogP contribution in [0.2, 0.25) is 10.0 Å². The number of carbonyl (C=O) groups is 1. The third kappa shape index (κ3) is 2.94. The van der Waals surface area contributed by atoms with Crippen molar-refractivity contribution in [2.75, 3.05) is 0 Å². The molecule has 0 atom stereocenters. The van der Waals surface area contributed by atoms with Crippen LogP contribution in [0, 0.1) is 0 Å². The summed E-state index contributed by atoms with van der Waals surface area (Å²) in [6.45, 7) is 0. The number of hydrogen-bond acceptors (Lipinski definition) is 2. The van der Waals surface area contributed by atoms with Crippen LogP contribution in [0.1, 0.15) is 10.4 Å². The molecule has 0 aromatic heterocycles. The molecule has 0 radical (unpaired) electrons. The first-order chi connectivity index (χ1) is 8.56. The highest BCUT2D eigenvalue weighted by atomic mass is 35.5. The lowest BCUT2D eigenvalue weighted by Gasteiger charge is -2.07. The summed E-state index contributed by atoms with van der Waals surface area (Å²) in [5.74, 6) is -0.0881. The van der Waals surface area contributed by atoms with Crippen molar-refractivity contribution in [3.8, 4) is 11.5 Å². The Bertz CT molecular complexity index is 597. The van der Waals surface area contributed by atoms with Gasteiger partial charge in [0.25, 0.3) is 0 Å². The van der Waals surface area contributed by atoms with Crippen LogP contribution >= 0.6 is 23.2 Å². The molecule has 92 valence electrons. The van der Waals surface area contributed by atoms with Gasteiger partial charge < -0.3 is 9.84 Å². The van der Waals surface area contributed by atoms with Gasteiger partial charge in [-0.15, -0.1) is 0 Å². The fourth-order valence-corrected chi connectivity index (χ4v) is 1.66. The summed E-state index contributed by atoms with van der Waals surface area (Å²) >= 11 is 11.6. The van der Waals surface area contributed by atoms with Crippen molar-refractivity contribution in [2.45, 2.75) is 0 Å². The summed E-state index contributed by atoms with van der Waals surface area (Å²) in [6, 6.07) is 11.0. The predicted molar refractivity (Wildman–Crippen MR) is 69.9 cm³/mol. The predicted octanol–water partition coefficient (Wildman–Crippen LogP) is 4.48. The molecule has 0 heterocycles. The second-order valence-corrected chi connectivity index (χ2v) is 4.33. The molecular weight excluding hydrogens is 275 g/mol. The molecule has 0 amide bonds. The minimum atomic E-state index is -1.01. The second-order valence-electron chi connectivity index (χ2n) is 3.51. The van der Waals surface area contributed by atoms with E-state index in [1.165, 1.54) is 12.1 Å². The zero-order chi connectivity index (χ0) is 13.1. The van der Waals surface area contributed by atoms with Gasteiger partial charge in [0.05, 0.1) is 15.6 Å². The van der Waals surface area contributed by atoms with Crippen LogP contribution in [-0.2, 0) is 0 Å². The fraction of sp³-hybridized carbons (Fsp3) is 0. The van der Waals surface area contributed by atoms with E-state index in [1.54, 1.807) is 30.3 Å². The van der Waals surface area contributed by atoms with E-state index in [-0.39, 0.29) is 5.56 Å². The number of rotatable bonds is 3. The number of aromatic carboxylic acids is 1. The minimum absolute atomic E-state index is 0.160. The molecule has 0 aliphatic carbocycles. The normalized spacial score (nSPS) is 10.1. The molecule has 0 aliphatic rings. The molecule has 0 fully saturated rings. The van der Waals surface area contributed by atoms with Gasteiger partial charge in [-0.3, -0.25) is 0 Å². The quantitative estimate of drug-likeness (QED) is 0.903. The first-order valence-corrected chi connectivity index (χ1v) is 5.78. The van der Waals surface area contributed by atoms with Gasteiger partial charge in [0.15, 0.2) is 0 Å². The molecule has 5 heteroatoms. The van der Waals surface area contributed by atoms with Gasteiger partial charge in [-0.05, 0) is 30.3 Å². The number of benzene rings is 2. The van der Waals surface area contributed by atoms with E-state index in [9.17, 15) is 4.79 Å². The SMILES string of the molecule is O=C(O)c1cccc(Oc2ccc(Cl)c(Cl)c2)c1. The number of carboxylic acid groups (broad SMARTS) is 1. The Labute approximate surface area is 114 Å². The van der Waals surface area contributed by atoms with E-state index in [1.807, 2.05) is 0 Å². The second kappa shape index (κ2) is 5.29. The molecule has 2 aromatic carbocycles. The van der Waals surface area contributed by atoms with Crippen molar-refractivity contribution in [1.82, 2.24) is 0 Å². The van der Waals surface area contributed by atoms with E-state index in [0.717, 1.165) is 0 Å². The molecule has 2 aromatic rings. The number of halogens is 2. The van der Waals surface area contributed by atoms with Gasteiger partial charge in [-0.2, -0.15) is 0 Å². The summed E-state index contributed by atoms with van der Waals surface area (Å²) in [5.41, 5.74) is 0.160. The van der Waals surface area contributed by atoms with E-state index in [2.05, 4.69) is 0 Å². The van der Waals surface area contributed by atoms with Crippen LogP contribution in [0.25, 0.3) is 0 Å². The van der Waals surface area contributed by atoms with E-state index in [0.29, 0.717) is 21.5 Å². The highest BCUT2D eigenvalue weighted by Crippen LogP contribution is 2.29. The standard InChI is InChI=1S/C13H8Cl2O3/c14-11-5-4-10(7-12(11)15)18-9-3-1-2-8(6-9)13(16)17/h1-7H,(H,16,17). The van der Waals surface area contributed by atoms with Crippen LogP contribution in [0.4, 0.5) is 0 Å². The van der Waals surface area contributed by atoms with Crippen LogP contribution in [0.3, 0.4) is 0 Å². The number of ether oxygens (including phenoxy) is 1. The summed E-state index contributed by atoms with van der Waals surface area (Å²) in [7, 11) is 0. The zero-order valence-electron chi connectivity index (χ0n) is 9.06. The Balaban J connectivity index is 2.25. The highest BCUT2D eigenvalue weighted by Gasteiger charge is 2.05.